The maximum absolute atomic E-state index is 12.3. The Hall–Kier alpha value is -1.51. The molecule has 1 aromatic rings. The third kappa shape index (κ3) is 6.94. The van der Waals surface area contributed by atoms with Crippen LogP contribution in [0.4, 0.5) is 0 Å². The van der Waals surface area contributed by atoms with Crippen LogP contribution in [-0.2, 0) is 16.0 Å². The maximum atomic E-state index is 12.3. The molecule has 8 heteroatoms. The molecule has 0 unspecified atom stereocenters. The van der Waals surface area contributed by atoms with E-state index in [1.807, 2.05) is 26.2 Å². The lowest BCUT2D eigenvalue weighted by molar-refractivity contribution is -0.130. The smallest absolute Gasteiger partial charge is 0.242 e. The molecule has 0 spiro atoms. The molecule has 24 heavy (non-hydrogen) atoms. The van der Waals surface area contributed by atoms with Crippen LogP contribution in [0.15, 0.2) is 10.9 Å². The Kier molecular flexibility index (Phi) is 8.88. The number of carbonyl (C=O) groups is 2. The van der Waals surface area contributed by atoms with Crippen molar-refractivity contribution in [3.05, 3.63) is 16.6 Å². The second kappa shape index (κ2) is 10.4. The number of hydrogen-bond donors (Lipinski definition) is 4. The van der Waals surface area contributed by atoms with E-state index in [-0.39, 0.29) is 23.8 Å². The molecule has 0 fully saturated rings. The number of nitrogens with one attached hydrogen (secondary N) is 3. The van der Waals surface area contributed by atoms with Crippen molar-refractivity contribution in [3.63, 3.8) is 0 Å². The van der Waals surface area contributed by atoms with Gasteiger partial charge in [0.25, 0.3) is 0 Å². The Morgan fingerprint density at radius 1 is 1.29 bits per heavy atom. The molecular weight excluding hydrogens is 326 g/mol. The molecule has 0 bridgehead atoms. The quantitative estimate of drug-likeness (QED) is 0.482. The first-order valence-electron chi connectivity index (χ1n) is 8.29. The van der Waals surface area contributed by atoms with Crippen LogP contribution in [-0.4, -0.2) is 48.0 Å². The fourth-order valence-electron chi connectivity index (χ4n) is 2.20. The molecule has 7 nitrogen and oxygen atoms in total. The SMILES string of the molecule is CCNC(=O)[C@@H](NC(=O)[C@H](C)NC[C@H](N)Cc1cscn1)C(C)C. The minimum absolute atomic E-state index is 0.0135. The first kappa shape index (κ1) is 20.5. The molecule has 0 radical (unpaired) electrons. The maximum Gasteiger partial charge on any atom is 0.242 e. The van der Waals surface area contributed by atoms with Crippen molar-refractivity contribution < 1.29 is 9.59 Å². The molecule has 1 rings (SSSR count). The van der Waals surface area contributed by atoms with Gasteiger partial charge in [0.05, 0.1) is 17.2 Å². The molecule has 0 saturated carbocycles. The Morgan fingerprint density at radius 3 is 2.54 bits per heavy atom. The summed E-state index contributed by atoms with van der Waals surface area (Å²) < 4.78 is 0. The fourth-order valence-corrected chi connectivity index (χ4v) is 2.77. The van der Waals surface area contributed by atoms with Crippen LogP contribution in [0.5, 0.6) is 0 Å². The summed E-state index contributed by atoms with van der Waals surface area (Å²) in [5, 5.41) is 10.6. The monoisotopic (exact) mass is 355 g/mol. The molecular formula is C16H29N5O2S. The van der Waals surface area contributed by atoms with Crippen molar-refractivity contribution >= 4 is 23.2 Å². The molecule has 1 heterocycles. The Bertz CT molecular complexity index is 507. The largest absolute Gasteiger partial charge is 0.355 e. The summed E-state index contributed by atoms with van der Waals surface area (Å²) >= 11 is 1.54. The molecule has 0 saturated heterocycles. The van der Waals surface area contributed by atoms with E-state index in [1.165, 1.54) is 11.3 Å². The van der Waals surface area contributed by atoms with Gasteiger partial charge in [-0.1, -0.05) is 13.8 Å². The van der Waals surface area contributed by atoms with Crippen LogP contribution in [0.3, 0.4) is 0 Å². The summed E-state index contributed by atoms with van der Waals surface area (Å²) in [6.07, 6.45) is 0.665. The molecule has 2 amide bonds. The van der Waals surface area contributed by atoms with Crippen LogP contribution in [0, 0.1) is 5.92 Å². The van der Waals surface area contributed by atoms with Gasteiger partial charge in [-0.3, -0.25) is 9.59 Å². The number of thiazole rings is 1. The van der Waals surface area contributed by atoms with Crippen LogP contribution in [0.2, 0.25) is 0 Å². The van der Waals surface area contributed by atoms with E-state index in [1.54, 1.807) is 12.4 Å². The van der Waals surface area contributed by atoms with Crippen LogP contribution < -0.4 is 21.7 Å². The average Bonchev–Trinajstić information content (AvgIpc) is 3.02. The van der Waals surface area contributed by atoms with Crippen molar-refractivity contribution in [1.29, 1.82) is 0 Å². The van der Waals surface area contributed by atoms with Gasteiger partial charge < -0.3 is 21.7 Å². The summed E-state index contributed by atoms with van der Waals surface area (Å²) in [7, 11) is 0. The second-order valence-corrected chi connectivity index (χ2v) is 6.92. The number of nitrogens with zero attached hydrogens (tertiary/aromatic N) is 1. The lowest BCUT2D eigenvalue weighted by Gasteiger charge is -2.24. The first-order chi connectivity index (χ1) is 11.3. The van der Waals surface area contributed by atoms with Crippen molar-refractivity contribution in [2.24, 2.45) is 11.7 Å². The third-order valence-electron chi connectivity index (χ3n) is 3.63. The minimum atomic E-state index is -0.537. The number of nitrogens with two attached hydrogens (primary N) is 1. The van der Waals surface area contributed by atoms with Crippen LogP contribution in [0.1, 0.15) is 33.4 Å². The van der Waals surface area contributed by atoms with Crippen molar-refractivity contribution in [1.82, 2.24) is 20.9 Å². The van der Waals surface area contributed by atoms with Gasteiger partial charge in [0, 0.05) is 30.9 Å². The predicted molar refractivity (Wildman–Crippen MR) is 96.7 cm³/mol. The normalized spacial score (nSPS) is 14.9. The highest BCUT2D eigenvalue weighted by Crippen LogP contribution is 2.04. The van der Waals surface area contributed by atoms with Gasteiger partial charge in [0.2, 0.25) is 11.8 Å². The van der Waals surface area contributed by atoms with Gasteiger partial charge in [-0.15, -0.1) is 11.3 Å². The third-order valence-corrected chi connectivity index (χ3v) is 4.27. The highest BCUT2D eigenvalue weighted by atomic mass is 32.1. The molecule has 3 atom stereocenters. The highest BCUT2D eigenvalue weighted by Gasteiger charge is 2.25. The minimum Gasteiger partial charge on any atom is -0.355 e. The molecule has 5 N–H and O–H groups in total. The number of rotatable bonds is 10. The summed E-state index contributed by atoms with van der Waals surface area (Å²) in [4.78, 5) is 28.5. The standard InChI is InChI=1S/C16H29N5O2S/c1-5-18-16(23)14(10(2)3)21-15(22)11(4)19-7-12(17)6-13-8-24-9-20-13/h8-12,14,19H,5-7,17H2,1-4H3,(H,18,23)(H,21,22)/t11-,12+,14-/m0/s1. The summed E-state index contributed by atoms with van der Waals surface area (Å²) in [6, 6.07) is -1.08. The first-order valence-corrected chi connectivity index (χ1v) is 9.23. The summed E-state index contributed by atoms with van der Waals surface area (Å²) in [6.45, 7) is 8.46. The molecule has 136 valence electrons. The van der Waals surface area contributed by atoms with Crippen LogP contribution >= 0.6 is 11.3 Å². The van der Waals surface area contributed by atoms with E-state index in [9.17, 15) is 9.59 Å². The van der Waals surface area contributed by atoms with Gasteiger partial charge >= 0.3 is 0 Å². The molecule has 0 aliphatic carbocycles. The van der Waals surface area contributed by atoms with Crippen molar-refractivity contribution in [2.45, 2.75) is 52.2 Å². The van der Waals surface area contributed by atoms with Gasteiger partial charge in [-0.2, -0.15) is 0 Å². The molecule has 0 aliphatic rings. The molecule has 0 aromatic carbocycles. The zero-order valence-electron chi connectivity index (χ0n) is 14.8. The summed E-state index contributed by atoms with van der Waals surface area (Å²) in [5.74, 6) is -0.353. The van der Waals surface area contributed by atoms with E-state index >= 15 is 0 Å². The average molecular weight is 356 g/mol. The molecule has 1 aromatic heterocycles. The topological polar surface area (TPSA) is 109 Å². The lowest BCUT2D eigenvalue weighted by Crippen LogP contribution is -2.55. The van der Waals surface area contributed by atoms with E-state index in [2.05, 4.69) is 20.9 Å². The number of amides is 2. The van der Waals surface area contributed by atoms with Crippen molar-refractivity contribution in [2.75, 3.05) is 13.1 Å². The predicted octanol–water partition coefficient (Wildman–Crippen LogP) is 0.268. The number of likely N-dealkylation sites (N-methyl/N-ethyl adjacent to an activating group) is 1. The number of hydrogen-bond acceptors (Lipinski definition) is 6. The summed E-state index contributed by atoms with van der Waals surface area (Å²) in [5.41, 5.74) is 8.79. The second-order valence-electron chi connectivity index (χ2n) is 6.20. The van der Waals surface area contributed by atoms with Gasteiger partial charge in [-0.25, -0.2) is 4.98 Å². The number of aromatic nitrogens is 1. The number of carbonyl (C=O) groups excluding carboxylic acids is 2. The zero-order chi connectivity index (χ0) is 18.1. The zero-order valence-corrected chi connectivity index (χ0v) is 15.7. The van der Waals surface area contributed by atoms with E-state index < -0.39 is 12.1 Å². The van der Waals surface area contributed by atoms with E-state index in [4.69, 9.17) is 5.73 Å². The fraction of sp³-hybridized carbons (Fsp3) is 0.688. The van der Waals surface area contributed by atoms with Gasteiger partial charge in [0.15, 0.2) is 0 Å². The van der Waals surface area contributed by atoms with Gasteiger partial charge in [0.1, 0.15) is 6.04 Å². The lowest BCUT2D eigenvalue weighted by atomic mass is 10.0. The van der Waals surface area contributed by atoms with Crippen molar-refractivity contribution in [3.8, 4) is 0 Å². The van der Waals surface area contributed by atoms with Gasteiger partial charge in [-0.05, 0) is 19.8 Å². The van der Waals surface area contributed by atoms with E-state index in [0.717, 1.165) is 5.69 Å². The highest BCUT2D eigenvalue weighted by molar-refractivity contribution is 7.07. The van der Waals surface area contributed by atoms with Crippen LogP contribution in [0.25, 0.3) is 0 Å². The Morgan fingerprint density at radius 2 is 2.00 bits per heavy atom. The Balaban J connectivity index is 2.43. The Labute approximate surface area is 147 Å². The molecule has 0 aliphatic heterocycles. The van der Waals surface area contributed by atoms with E-state index in [0.29, 0.717) is 19.5 Å².